The molecule has 1 aliphatic rings. The summed E-state index contributed by atoms with van der Waals surface area (Å²) in [6.07, 6.45) is 1.40. The normalized spacial score (nSPS) is 19.2. The van der Waals surface area contributed by atoms with Crippen LogP contribution in [-0.4, -0.2) is 53.3 Å². The summed E-state index contributed by atoms with van der Waals surface area (Å²) < 4.78 is 10.8. The lowest BCUT2D eigenvalue weighted by molar-refractivity contribution is -0.122. The molecule has 1 heterocycles. The van der Waals surface area contributed by atoms with Crippen molar-refractivity contribution < 1.29 is 14.1 Å². The van der Waals surface area contributed by atoms with E-state index in [-0.39, 0.29) is 18.4 Å². The van der Waals surface area contributed by atoms with E-state index < -0.39 is 16.0 Å². The van der Waals surface area contributed by atoms with Gasteiger partial charge < -0.3 is 19.7 Å². The van der Waals surface area contributed by atoms with Gasteiger partial charge in [0.2, 0.25) is 11.8 Å². The van der Waals surface area contributed by atoms with Gasteiger partial charge in [-0.2, -0.15) is 3.71 Å². The molecule has 2 unspecified atom stereocenters. The van der Waals surface area contributed by atoms with Crippen molar-refractivity contribution in [3.05, 3.63) is 24.3 Å². The van der Waals surface area contributed by atoms with E-state index in [2.05, 4.69) is 18.1 Å². The number of hydrogen-bond donors (Lipinski definition) is 3. The molecule has 2 atom stereocenters. The number of hydrogen-bond acceptors (Lipinski definition) is 5. The Morgan fingerprint density at radius 3 is 2.68 bits per heavy atom. The highest BCUT2D eigenvalue weighted by Crippen LogP contribution is 2.27. The van der Waals surface area contributed by atoms with E-state index in [0.717, 1.165) is 17.8 Å². The zero-order valence-corrected chi connectivity index (χ0v) is 16.6. The van der Waals surface area contributed by atoms with E-state index in [1.165, 1.54) is 3.71 Å². The number of benzene rings is 1. The molecule has 1 aromatic rings. The Balaban J connectivity index is 2.14. The van der Waals surface area contributed by atoms with Gasteiger partial charge in [0.1, 0.15) is 6.04 Å². The van der Waals surface area contributed by atoms with Gasteiger partial charge in [-0.25, -0.2) is 0 Å². The predicted octanol–water partition coefficient (Wildman–Crippen LogP) is 0.979. The van der Waals surface area contributed by atoms with Crippen molar-refractivity contribution in [3.63, 3.8) is 0 Å². The lowest BCUT2D eigenvalue weighted by Crippen LogP contribution is -2.50. The van der Waals surface area contributed by atoms with Crippen LogP contribution in [0.15, 0.2) is 24.3 Å². The molecule has 0 aromatic heterocycles. The van der Waals surface area contributed by atoms with Gasteiger partial charge >= 0.3 is 0 Å². The quantitative estimate of drug-likeness (QED) is 0.616. The van der Waals surface area contributed by atoms with Crippen molar-refractivity contribution in [2.75, 3.05) is 37.0 Å². The fourth-order valence-corrected chi connectivity index (χ4v) is 3.64. The van der Waals surface area contributed by atoms with Crippen molar-refractivity contribution >= 4 is 57.1 Å². The Labute approximate surface area is 160 Å². The Kier molecular flexibility index (Phi) is 7.35. The predicted molar refractivity (Wildman–Crippen MR) is 107 cm³/mol. The van der Waals surface area contributed by atoms with Gasteiger partial charge in [-0.3, -0.25) is 9.59 Å². The number of carbonyl (C=O) groups excluding carboxylic acids is 2. The first-order valence-electron chi connectivity index (χ1n) is 7.78. The number of thiol groups is 1. The topological polar surface area (TPSA) is 76.1 Å². The number of likely N-dealkylation sites (N-methyl/N-ethyl adjacent to an activating group) is 2. The molecule has 1 saturated heterocycles. The molecular weight excluding hydrogens is 380 g/mol. The van der Waals surface area contributed by atoms with Gasteiger partial charge in [0.15, 0.2) is 0 Å². The summed E-state index contributed by atoms with van der Waals surface area (Å²) >= 11 is 8.96. The molecular formula is C15H22N4O3S3. The Morgan fingerprint density at radius 1 is 1.48 bits per heavy atom. The first kappa shape index (κ1) is 20.3. The molecule has 1 aliphatic heterocycles. The molecule has 0 bridgehead atoms. The Morgan fingerprint density at radius 2 is 2.12 bits per heavy atom. The molecule has 138 valence electrons. The van der Waals surface area contributed by atoms with Crippen LogP contribution in [0.25, 0.3) is 0 Å². The maximum atomic E-state index is 12.7. The van der Waals surface area contributed by atoms with Gasteiger partial charge in [-0.1, -0.05) is 12.8 Å². The third-order valence-corrected chi connectivity index (χ3v) is 6.22. The minimum atomic E-state index is -1.48. The molecule has 0 saturated carbocycles. The maximum absolute atomic E-state index is 12.7. The summed E-state index contributed by atoms with van der Waals surface area (Å²) in [4.78, 5) is 27.8. The molecule has 0 radical (unpaired) electrons. The SMILES string of the molecule is CNCC(=O)N(C)c1ccc(N2CCCC(N(S)S(O)=S)C2=O)cc1. The second kappa shape index (κ2) is 9.06. The van der Waals surface area contributed by atoms with Gasteiger partial charge in [-0.15, -0.1) is 0 Å². The fourth-order valence-electron chi connectivity index (χ4n) is 2.70. The van der Waals surface area contributed by atoms with Crippen LogP contribution in [0.2, 0.25) is 0 Å². The first-order valence-corrected chi connectivity index (χ1v) is 10.2. The van der Waals surface area contributed by atoms with Crippen molar-refractivity contribution in [3.8, 4) is 0 Å². The number of amides is 2. The van der Waals surface area contributed by atoms with Crippen LogP contribution in [0.4, 0.5) is 11.4 Å². The fraction of sp³-hybridized carbons (Fsp3) is 0.467. The van der Waals surface area contributed by atoms with E-state index in [1.807, 2.05) is 24.3 Å². The van der Waals surface area contributed by atoms with Crippen molar-refractivity contribution in [2.45, 2.75) is 18.9 Å². The summed E-state index contributed by atoms with van der Waals surface area (Å²) in [6, 6.07) is 6.70. The van der Waals surface area contributed by atoms with Crippen LogP contribution in [0.1, 0.15) is 12.8 Å². The molecule has 7 nitrogen and oxygen atoms in total. The Bertz CT molecular complexity index is 656. The second-order valence-electron chi connectivity index (χ2n) is 5.68. The number of nitrogens with zero attached hydrogens (tertiary/aromatic N) is 3. The minimum absolute atomic E-state index is 0.0458. The molecule has 0 spiro atoms. The van der Waals surface area contributed by atoms with Crippen LogP contribution in [0, 0.1) is 0 Å². The summed E-state index contributed by atoms with van der Waals surface area (Å²) in [5.41, 5.74) is 1.50. The molecule has 0 aliphatic carbocycles. The van der Waals surface area contributed by atoms with Crippen molar-refractivity contribution in [2.24, 2.45) is 0 Å². The van der Waals surface area contributed by atoms with Crippen LogP contribution in [0.5, 0.6) is 0 Å². The highest BCUT2D eigenvalue weighted by Gasteiger charge is 2.34. The van der Waals surface area contributed by atoms with Crippen LogP contribution in [0.3, 0.4) is 0 Å². The monoisotopic (exact) mass is 402 g/mol. The zero-order valence-electron chi connectivity index (χ0n) is 14.1. The summed E-state index contributed by atoms with van der Waals surface area (Å²) in [5, 5.41) is 2.83. The summed E-state index contributed by atoms with van der Waals surface area (Å²) in [7, 11) is 1.95. The lowest BCUT2D eigenvalue weighted by atomic mass is 10.0. The van der Waals surface area contributed by atoms with E-state index in [9.17, 15) is 14.1 Å². The molecule has 2 rings (SSSR count). The lowest BCUT2D eigenvalue weighted by Gasteiger charge is -2.35. The van der Waals surface area contributed by atoms with E-state index in [1.54, 1.807) is 23.9 Å². The average Bonchev–Trinajstić information content (AvgIpc) is 2.61. The van der Waals surface area contributed by atoms with Gasteiger partial charge in [0.05, 0.1) is 16.5 Å². The van der Waals surface area contributed by atoms with E-state index >= 15 is 0 Å². The van der Waals surface area contributed by atoms with E-state index in [0.29, 0.717) is 13.0 Å². The van der Waals surface area contributed by atoms with Crippen molar-refractivity contribution in [1.82, 2.24) is 9.03 Å². The third kappa shape index (κ3) is 4.78. The van der Waals surface area contributed by atoms with E-state index in [4.69, 9.17) is 11.2 Å². The van der Waals surface area contributed by atoms with Gasteiger partial charge in [0, 0.05) is 25.0 Å². The molecule has 2 amide bonds. The summed E-state index contributed by atoms with van der Waals surface area (Å²) in [5.74, 6) is -0.180. The number of rotatable bonds is 6. The van der Waals surface area contributed by atoms with Crippen LogP contribution in [-0.2, 0) is 30.7 Å². The Hall–Kier alpha value is -1.04. The highest BCUT2D eigenvalue weighted by atomic mass is 32.8. The standard InChI is InChI=1S/C15H22N4O3S3/c1-16-10-14(20)17(2)11-5-7-12(8-6-11)18-9-3-4-13(15(18)21)19(23)25(22)24/h5-8,13,16,23H,3-4,9-10H2,1-2H3,(H,22,24). The largest absolute Gasteiger partial charge is 0.315 e. The first-order chi connectivity index (χ1) is 11.9. The van der Waals surface area contributed by atoms with Crippen LogP contribution < -0.4 is 15.1 Å². The molecule has 25 heavy (non-hydrogen) atoms. The maximum Gasteiger partial charge on any atom is 0.246 e. The molecule has 10 heteroatoms. The van der Waals surface area contributed by atoms with Crippen LogP contribution >= 0.6 is 12.8 Å². The van der Waals surface area contributed by atoms with Gasteiger partial charge in [-0.05, 0) is 55.3 Å². The van der Waals surface area contributed by atoms with Gasteiger partial charge in [0.25, 0.3) is 0 Å². The molecule has 1 fully saturated rings. The molecule has 2 N–H and O–H groups in total. The number of piperidine rings is 1. The third-order valence-electron chi connectivity index (χ3n) is 4.09. The zero-order chi connectivity index (χ0) is 18.6. The average molecular weight is 403 g/mol. The molecule has 1 aromatic carbocycles. The minimum Gasteiger partial charge on any atom is -0.315 e. The second-order valence-corrected chi connectivity index (χ2v) is 8.13. The number of anilines is 2. The smallest absolute Gasteiger partial charge is 0.246 e. The summed E-state index contributed by atoms with van der Waals surface area (Å²) in [6.45, 7) is 0.855. The number of nitrogens with one attached hydrogen (secondary N) is 1. The number of carbonyl (C=O) groups is 2. The van der Waals surface area contributed by atoms with Crippen molar-refractivity contribution in [1.29, 1.82) is 0 Å². The highest BCUT2D eigenvalue weighted by molar-refractivity contribution is 8.27.